The molecule has 0 aliphatic carbocycles. The number of hydrogen-bond acceptors (Lipinski definition) is 3. The van der Waals surface area contributed by atoms with Crippen LogP contribution in [-0.2, 0) is 6.18 Å². The number of amides is 1. The fraction of sp³-hybridized carbons (Fsp3) is 0.381. The maximum Gasteiger partial charge on any atom is 0.416 e. The Morgan fingerprint density at radius 1 is 1.00 bits per heavy atom. The first kappa shape index (κ1) is 19.0. The number of likely N-dealkylation sites (tertiary alicyclic amines) is 2. The molecule has 2 aromatic carbocycles. The van der Waals surface area contributed by atoms with Gasteiger partial charge >= 0.3 is 6.18 Å². The molecular weight excluding hydrogens is 367 g/mol. The maximum atomic E-state index is 12.9. The lowest BCUT2D eigenvalue weighted by atomic mass is 10.00. The van der Waals surface area contributed by atoms with E-state index < -0.39 is 11.7 Å². The summed E-state index contributed by atoms with van der Waals surface area (Å²) in [5, 5.41) is 0. The number of halogens is 3. The summed E-state index contributed by atoms with van der Waals surface area (Å²) >= 11 is 0. The summed E-state index contributed by atoms with van der Waals surface area (Å²) in [4.78, 5) is 16.8. The number of nitrogens with zero attached hydrogens (tertiary/aromatic N) is 2. The van der Waals surface area contributed by atoms with Gasteiger partial charge in [0.1, 0.15) is 0 Å². The van der Waals surface area contributed by atoms with Crippen molar-refractivity contribution in [3.05, 3.63) is 59.7 Å². The van der Waals surface area contributed by atoms with Gasteiger partial charge in [0.05, 0.1) is 5.56 Å². The molecule has 0 radical (unpaired) electrons. The van der Waals surface area contributed by atoms with Crippen LogP contribution >= 0.6 is 0 Å². The quantitative estimate of drug-likeness (QED) is 0.877. The summed E-state index contributed by atoms with van der Waals surface area (Å²) in [5.41, 5.74) is 6.93. The van der Waals surface area contributed by atoms with Gasteiger partial charge in [-0.3, -0.25) is 9.69 Å². The van der Waals surface area contributed by atoms with E-state index in [1.807, 2.05) is 0 Å². The molecule has 0 saturated carbocycles. The summed E-state index contributed by atoms with van der Waals surface area (Å²) in [5.74, 6) is -0.0460. The zero-order chi connectivity index (χ0) is 19.9. The Morgan fingerprint density at radius 2 is 1.71 bits per heavy atom. The molecule has 28 heavy (non-hydrogen) atoms. The topological polar surface area (TPSA) is 49.6 Å². The van der Waals surface area contributed by atoms with Gasteiger partial charge in [-0.25, -0.2) is 0 Å². The lowest BCUT2D eigenvalue weighted by molar-refractivity contribution is -0.137. The second-order valence-electron chi connectivity index (χ2n) is 7.56. The third kappa shape index (κ3) is 3.77. The van der Waals surface area contributed by atoms with Crippen LogP contribution in [0.15, 0.2) is 48.5 Å². The van der Waals surface area contributed by atoms with Crippen molar-refractivity contribution in [2.75, 3.05) is 26.2 Å². The minimum atomic E-state index is -4.38. The second-order valence-corrected chi connectivity index (χ2v) is 7.56. The highest BCUT2D eigenvalue weighted by molar-refractivity contribution is 5.95. The number of nitrogens with two attached hydrogens (primary N) is 1. The van der Waals surface area contributed by atoms with Crippen molar-refractivity contribution in [1.82, 2.24) is 9.80 Å². The summed E-state index contributed by atoms with van der Waals surface area (Å²) in [7, 11) is 0. The lowest BCUT2D eigenvalue weighted by Crippen LogP contribution is -2.60. The Morgan fingerprint density at radius 3 is 2.32 bits per heavy atom. The Bertz CT molecular complexity index is 860. The van der Waals surface area contributed by atoms with Gasteiger partial charge in [0.25, 0.3) is 5.91 Å². The van der Waals surface area contributed by atoms with Gasteiger partial charge in [-0.05, 0) is 41.8 Å². The number of carbonyl (C=O) groups excluding carboxylic acids is 1. The monoisotopic (exact) mass is 389 g/mol. The number of alkyl halides is 3. The van der Waals surface area contributed by atoms with Gasteiger partial charge in [-0.2, -0.15) is 13.2 Å². The van der Waals surface area contributed by atoms with Crippen LogP contribution in [0.2, 0.25) is 0 Å². The third-order valence-corrected chi connectivity index (χ3v) is 5.58. The summed E-state index contributed by atoms with van der Waals surface area (Å²) < 4.78 is 38.7. The molecule has 1 unspecified atom stereocenters. The number of carbonyl (C=O) groups is 1. The number of hydrogen-bond donors (Lipinski definition) is 1. The van der Waals surface area contributed by atoms with Crippen LogP contribution in [-0.4, -0.2) is 54.0 Å². The lowest BCUT2D eigenvalue weighted by Gasteiger charge is -2.44. The first-order valence-electron chi connectivity index (χ1n) is 9.38. The highest BCUT2D eigenvalue weighted by Gasteiger charge is 2.37. The van der Waals surface area contributed by atoms with Gasteiger partial charge in [0.15, 0.2) is 0 Å². The number of benzene rings is 2. The van der Waals surface area contributed by atoms with Gasteiger partial charge in [0.2, 0.25) is 0 Å². The molecular formula is C21H22F3N3O. The maximum absolute atomic E-state index is 12.9. The molecule has 2 aliphatic rings. The average Bonchev–Trinajstić information content (AvgIpc) is 3.06. The SMILES string of the molecule is NC1CCN(C2CN(C(=O)c3ccc(-c4cccc(C(F)(F)F)c4)cc3)C2)C1. The Labute approximate surface area is 161 Å². The van der Waals surface area contributed by atoms with Gasteiger partial charge < -0.3 is 10.6 Å². The molecule has 2 saturated heterocycles. The first-order chi connectivity index (χ1) is 13.3. The molecule has 2 aromatic rings. The van der Waals surface area contributed by atoms with E-state index in [1.54, 1.807) is 35.2 Å². The molecule has 1 amide bonds. The summed E-state index contributed by atoms with van der Waals surface area (Å²) in [6, 6.07) is 12.5. The third-order valence-electron chi connectivity index (χ3n) is 5.58. The van der Waals surface area contributed by atoms with E-state index in [0.29, 0.717) is 35.8 Å². The number of rotatable bonds is 3. The van der Waals surface area contributed by atoms with E-state index in [-0.39, 0.29) is 11.9 Å². The van der Waals surface area contributed by atoms with E-state index in [2.05, 4.69) is 4.90 Å². The molecule has 2 fully saturated rings. The normalized spacial score (nSPS) is 21.0. The van der Waals surface area contributed by atoms with E-state index in [9.17, 15) is 18.0 Å². The van der Waals surface area contributed by atoms with Crippen LogP contribution in [0.1, 0.15) is 22.3 Å². The van der Waals surface area contributed by atoms with Crippen LogP contribution in [0.25, 0.3) is 11.1 Å². The highest BCUT2D eigenvalue weighted by atomic mass is 19.4. The highest BCUT2D eigenvalue weighted by Crippen LogP contribution is 2.32. The van der Waals surface area contributed by atoms with Crippen molar-refractivity contribution in [3.63, 3.8) is 0 Å². The molecule has 0 aromatic heterocycles. The second kappa shape index (κ2) is 7.22. The minimum Gasteiger partial charge on any atom is -0.335 e. The molecule has 1 atom stereocenters. The predicted molar refractivity (Wildman–Crippen MR) is 101 cm³/mol. The van der Waals surface area contributed by atoms with Crippen LogP contribution in [0.3, 0.4) is 0 Å². The van der Waals surface area contributed by atoms with E-state index in [1.165, 1.54) is 6.07 Å². The summed E-state index contributed by atoms with van der Waals surface area (Å²) in [6.45, 7) is 3.26. The Hall–Kier alpha value is -2.38. The first-order valence-corrected chi connectivity index (χ1v) is 9.38. The van der Waals surface area contributed by atoms with Crippen molar-refractivity contribution < 1.29 is 18.0 Å². The fourth-order valence-electron chi connectivity index (χ4n) is 3.86. The Balaban J connectivity index is 1.41. The predicted octanol–water partition coefficient (Wildman–Crippen LogP) is 3.23. The zero-order valence-electron chi connectivity index (χ0n) is 15.3. The molecule has 0 bridgehead atoms. The van der Waals surface area contributed by atoms with E-state index in [4.69, 9.17) is 5.73 Å². The zero-order valence-corrected chi connectivity index (χ0v) is 15.3. The van der Waals surface area contributed by atoms with Gasteiger partial charge in [0, 0.05) is 43.8 Å². The molecule has 2 N–H and O–H groups in total. The van der Waals surface area contributed by atoms with Crippen molar-refractivity contribution >= 4 is 5.91 Å². The molecule has 2 aliphatic heterocycles. The molecule has 4 rings (SSSR count). The van der Waals surface area contributed by atoms with Crippen molar-refractivity contribution in [3.8, 4) is 11.1 Å². The molecule has 148 valence electrons. The van der Waals surface area contributed by atoms with E-state index in [0.717, 1.165) is 31.6 Å². The van der Waals surface area contributed by atoms with Crippen LogP contribution in [0, 0.1) is 0 Å². The molecule has 7 heteroatoms. The molecule has 0 spiro atoms. The standard InChI is InChI=1S/C21H22F3N3O/c22-21(23,24)17-3-1-2-16(10-17)14-4-6-15(7-5-14)20(28)27-12-19(13-27)26-9-8-18(25)11-26/h1-7,10,18-19H,8-9,11-13,25H2. The summed E-state index contributed by atoms with van der Waals surface area (Å²) in [6.07, 6.45) is -3.37. The van der Waals surface area contributed by atoms with Gasteiger partial charge in [-0.15, -0.1) is 0 Å². The van der Waals surface area contributed by atoms with Crippen LogP contribution in [0.4, 0.5) is 13.2 Å². The van der Waals surface area contributed by atoms with Crippen molar-refractivity contribution in [2.24, 2.45) is 5.73 Å². The Kier molecular flexibility index (Phi) is 4.89. The van der Waals surface area contributed by atoms with Crippen molar-refractivity contribution in [2.45, 2.75) is 24.7 Å². The smallest absolute Gasteiger partial charge is 0.335 e. The van der Waals surface area contributed by atoms with Crippen LogP contribution in [0.5, 0.6) is 0 Å². The van der Waals surface area contributed by atoms with Gasteiger partial charge in [-0.1, -0.05) is 24.3 Å². The minimum absolute atomic E-state index is 0.0460. The van der Waals surface area contributed by atoms with Crippen LogP contribution < -0.4 is 5.73 Å². The molecule has 2 heterocycles. The van der Waals surface area contributed by atoms with E-state index >= 15 is 0 Å². The average molecular weight is 389 g/mol. The fourth-order valence-corrected chi connectivity index (χ4v) is 3.86. The molecule has 4 nitrogen and oxygen atoms in total. The van der Waals surface area contributed by atoms with Crippen molar-refractivity contribution in [1.29, 1.82) is 0 Å². The largest absolute Gasteiger partial charge is 0.416 e.